The van der Waals surface area contributed by atoms with Crippen molar-refractivity contribution >= 4 is 17.3 Å². The molecule has 0 saturated carbocycles. The van der Waals surface area contributed by atoms with E-state index in [0.717, 1.165) is 35.9 Å². The van der Waals surface area contributed by atoms with E-state index in [1.54, 1.807) is 11.3 Å². The molecule has 0 aromatic carbocycles. The van der Waals surface area contributed by atoms with E-state index in [1.807, 2.05) is 6.20 Å². The first-order valence-corrected chi connectivity index (χ1v) is 10.5. The lowest BCUT2D eigenvalue weighted by atomic mass is 9.92. The lowest BCUT2D eigenvalue weighted by Crippen LogP contribution is -2.40. The van der Waals surface area contributed by atoms with Crippen LogP contribution in [0.25, 0.3) is 0 Å². The molecular weight excluding hydrogens is 330 g/mol. The highest BCUT2D eigenvalue weighted by Gasteiger charge is 2.20. The summed E-state index contributed by atoms with van der Waals surface area (Å²) in [4.78, 5) is 12.9. The molecule has 0 radical (unpaired) electrons. The molecule has 25 heavy (non-hydrogen) atoms. The highest BCUT2D eigenvalue weighted by Crippen LogP contribution is 2.20. The minimum Gasteiger partial charge on any atom is -0.357 e. The largest absolute Gasteiger partial charge is 0.357 e. The molecule has 0 aliphatic carbocycles. The van der Waals surface area contributed by atoms with Gasteiger partial charge in [0.2, 0.25) is 0 Å². The first-order valence-electron chi connectivity index (χ1n) is 9.72. The fraction of sp³-hybridized carbons (Fsp3) is 0.789. The van der Waals surface area contributed by atoms with E-state index in [1.165, 1.54) is 43.8 Å². The number of aromatic nitrogens is 1. The zero-order valence-corrected chi connectivity index (χ0v) is 17.2. The molecule has 0 spiro atoms. The summed E-state index contributed by atoms with van der Waals surface area (Å²) in [5.41, 5.74) is 0. The molecule has 6 heteroatoms. The first kappa shape index (κ1) is 20.2. The van der Waals surface area contributed by atoms with Gasteiger partial charge in [0, 0.05) is 37.3 Å². The van der Waals surface area contributed by atoms with Crippen LogP contribution in [0.5, 0.6) is 0 Å². The number of likely N-dealkylation sites (tertiary alicyclic amines) is 1. The number of hydrogen-bond acceptors (Lipinski definition) is 4. The second-order valence-corrected chi connectivity index (χ2v) is 8.72. The summed E-state index contributed by atoms with van der Waals surface area (Å²) in [7, 11) is 0. The predicted molar refractivity (Wildman–Crippen MR) is 108 cm³/mol. The van der Waals surface area contributed by atoms with Crippen LogP contribution < -0.4 is 10.6 Å². The predicted octanol–water partition coefficient (Wildman–Crippen LogP) is 3.26. The maximum atomic E-state index is 4.64. The van der Waals surface area contributed by atoms with Gasteiger partial charge in [-0.05, 0) is 51.5 Å². The number of piperidine rings is 1. The van der Waals surface area contributed by atoms with Crippen LogP contribution in [0.1, 0.15) is 49.9 Å². The Balaban J connectivity index is 1.65. The van der Waals surface area contributed by atoms with Gasteiger partial charge in [0.15, 0.2) is 5.96 Å². The third-order valence-electron chi connectivity index (χ3n) is 4.52. The Kier molecular flexibility index (Phi) is 8.68. The van der Waals surface area contributed by atoms with E-state index in [9.17, 15) is 0 Å². The van der Waals surface area contributed by atoms with Gasteiger partial charge in [0.1, 0.15) is 5.01 Å². The van der Waals surface area contributed by atoms with E-state index in [2.05, 4.69) is 53.2 Å². The number of rotatable bonds is 8. The molecule has 0 bridgehead atoms. The summed E-state index contributed by atoms with van der Waals surface area (Å²) in [5.74, 6) is 2.60. The number of unbranched alkanes of at least 4 members (excludes halogenated alkanes) is 1. The van der Waals surface area contributed by atoms with E-state index in [0.29, 0.717) is 6.54 Å². The summed E-state index contributed by atoms with van der Waals surface area (Å²) in [6, 6.07) is 0. The van der Waals surface area contributed by atoms with Crippen LogP contribution in [-0.4, -0.2) is 48.6 Å². The number of guanidine groups is 1. The third kappa shape index (κ3) is 7.74. The number of nitrogens with one attached hydrogen (secondary N) is 2. The van der Waals surface area contributed by atoms with Gasteiger partial charge in [-0.2, -0.15) is 0 Å². The van der Waals surface area contributed by atoms with Gasteiger partial charge >= 0.3 is 0 Å². The molecule has 1 aromatic heterocycles. The summed E-state index contributed by atoms with van der Waals surface area (Å²) in [6.07, 6.45) is 5.73. The Morgan fingerprint density at radius 3 is 2.68 bits per heavy atom. The molecule has 1 aliphatic heterocycles. The second-order valence-electron chi connectivity index (χ2n) is 7.40. The van der Waals surface area contributed by atoms with Crippen LogP contribution in [0.2, 0.25) is 0 Å². The molecule has 0 amide bonds. The smallest absolute Gasteiger partial charge is 0.191 e. The van der Waals surface area contributed by atoms with Crippen LogP contribution in [0.15, 0.2) is 11.2 Å². The van der Waals surface area contributed by atoms with E-state index in [-0.39, 0.29) is 0 Å². The second kappa shape index (κ2) is 10.8. The highest BCUT2D eigenvalue weighted by molar-refractivity contribution is 7.11. The fourth-order valence-corrected chi connectivity index (χ4v) is 4.32. The lowest BCUT2D eigenvalue weighted by Gasteiger charge is -2.34. The molecule has 1 aliphatic rings. The van der Waals surface area contributed by atoms with E-state index < -0.39 is 0 Å². The molecule has 1 aromatic rings. The average molecular weight is 366 g/mol. The normalized spacial score (nSPS) is 22.2. The topological polar surface area (TPSA) is 52.6 Å². The van der Waals surface area contributed by atoms with Crippen molar-refractivity contribution in [3.05, 3.63) is 16.1 Å². The maximum absolute atomic E-state index is 4.64. The molecule has 2 unspecified atom stereocenters. The molecule has 2 rings (SSSR count). The standard InChI is InChI=1S/C19H35N5S/c1-5-20-19(23-12-18-22-11-17(4)25-18)21-8-6-7-9-24-13-15(2)10-16(3)14-24/h11,15-16H,5-10,12-14H2,1-4H3,(H2,20,21,23). The van der Waals surface area contributed by atoms with Crippen molar-refractivity contribution in [2.75, 3.05) is 32.7 Å². The summed E-state index contributed by atoms with van der Waals surface area (Å²) in [6.45, 7) is 15.2. The lowest BCUT2D eigenvalue weighted by molar-refractivity contribution is 0.139. The van der Waals surface area contributed by atoms with Crippen LogP contribution in [0.3, 0.4) is 0 Å². The number of hydrogen-bond donors (Lipinski definition) is 2. The maximum Gasteiger partial charge on any atom is 0.191 e. The monoisotopic (exact) mass is 365 g/mol. The number of aliphatic imine (C=N–C) groups is 1. The molecule has 142 valence electrons. The van der Waals surface area contributed by atoms with Crippen molar-refractivity contribution in [3.8, 4) is 0 Å². The highest BCUT2D eigenvalue weighted by atomic mass is 32.1. The Morgan fingerprint density at radius 2 is 2.04 bits per heavy atom. The van der Waals surface area contributed by atoms with Crippen LogP contribution >= 0.6 is 11.3 Å². The van der Waals surface area contributed by atoms with Crippen molar-refractivity contribution in [2.45, 2.75) is 53.5 Å². The van der Waals surface area contributed by atoms with Gasteiger partial charge < -0.3 is 15.5 Å². The third-order valence-corrected chi connectivity index (χ3v) is 5.42. The minimum absolute atomic E-state index is 0.650. The molecule has 1 fully saturated rings. The van der Waals surface area contributed by atoms with Gasteiger partial charge in [-0.25, -0.2) is 9.98 Å². The Hall–Kier alpha value is -1.14. The van der Waals surface area contributed by atoms with Crippen LogP contribution in [0, 0.1) is 18.8 Å². The SMILES string of the molecule is CCNC(=NCc1ncc(C)s1)NCCCCN1CC(C)CC(C)C1. The summed E-state index contributed by atoms with van der Waals surface area (Å²) in [5, 5.41) is 7.84. The van der Waals surface area contributed by atoms with Crippen molar-refractivity contribution in [1.82, 2.24) is 20.5 Å². The molecule has 5 nitrogen and oxygen atoms in total. The van der Waals surface area contributed by atoms with Gasteiger partial charge in [-0.1, -0.05) is 13.8 Å². The van der Waals surface area contributed by atoms with Gasteiger partial charge in [0.25, 0.3) is 0 Å². The Labute approximate surface area is 157 Å². The van der Waals surface area contributed by atoms with Gasteiger partial charge in [0.05, 0.1) is 6.54 Å². The van der Waals surface area contributed by atoms with Gasteiger partial charge in [-0.3, -0.25) is 0 Å². The molecular formula is C19H35N5S. The summed E-state index contributed by atoms with van der Waals surface area (Å²) >= 11 is 1.72. The zero-order valence-electron chi connectivity index (χ0n) is 16.3. The Morgan fingerprint density at radius 1 is 1.28 bits per heavy atom. The van der Waals surface area contributed by atoms with E-state index in [4.69, 9.17) is 0 Å². The van der Waals surface area contributed by atoms with Crippen molar-refractivity contribution in [1.29, 1.82) is 0 Å². The minimum atomic E-state index is 0.650. The van der Waals surface area contributed by atoms with Crippen molar-refractivity contribution < 1.29 is 0 Å². The molecule has 2 atom stereocenters. The number of nitrogens with zero attached hydrogens (tertiary/aromatic N) is 3. The Bertz CT molecular complexity index is 518. The molecule has 1 saturated heterocycles. The average Bonchev–Trinajstić information content (AvgIpc) is 2.96. The van der Waals surface area contributed by atoms with Crippen LogP contribution in [0.4, 0.5) is 0 Å². The number of thiazole rings is 1. The van der Waals surface area contributed by atoms with Gasteiger partial charge in [-0.15, -0.1) is 11.3 Å². The van der Waals surface area contributed by atoms with Crippen molar-refractivity contribution in [2.24, 2.45) is 16.8 Å². The molecule has 2 N–H and O–H groups in total. The van der Waals surface area contributed by atoms with Crippen molar-refractivity contribution in [3.63, 3.8) is 0 Å². The van der Waals surface area contributed by atoms with Crippen LogP contribution in [-0.2, 0) is 6.54 Å². The fourth-order valence-electron chi connectivity index (χ4n) is 3.60. The quantitative estimate of drug-likeness (QED) is 0.422. The molecule has 2 heterocycles. The van der Waals surface area contributed by atoms with E-state index >= 15 is 0 Å². The summed E-state index contributed by atoms with van der Waals surface area (Å²) < 4.78 is 0. The number of aryl methyl sites for hydroxylation is 1. The first-order chi connectivity index (χ1) is 12.1. The zero-order chi connectivity index (χ0) is 18.1.